The molecule has 28 heavy (non-hydrogen) atoms. The fraction of sp³-hybridized carbons (Fsp3) is 0.0909. The topological polar surface area (TPSA) is 70.5 Å². The van der Waals surface area contributed by atoms with Gasteiger partial charge in [-0.2, -0.15) is 0 Å². The Morgan fingerprint density at radius 3 is 1.61 bits per heavy atom. The van der Waals surface area contributed by atoms with Crippen molar-refractivity contribution >= 4 is 22.2 Å². The van der Waals surface area contributed by atoms with E-state index in [4.69, 9.17) is 18.3 Å². The minimum Gasteiger partial charge on any atom is -0.497 e. The van der Waals surface area contributed by atoms with Gasteiger partial charge in [0.25, 0.3) is 0 Å². The lowest BCUT2D eigenvalue weighted by Crippen LogP contribution is -1.82. The van der Waals surface area contributed by atoms with Crippen LogP contribution in [0.4, 0.5) is 0 Å². The molecule has 6 nitrogen and oxygen atoms in total. The van der Waals surface area contributed by atoms with Gasteiger partial charge in [0.1, 0.15) is 22.5 Å². The van der Waals surface area contributed by atoms with Crippen LogP contribution in [0.25, 0.3) is 45.1 Å². The Morgan fingerprint density at radius 2 is 1.14 bits per heavy atom. The van der Waals surface area contributed by atoms with E-state index < -0.39 is 0 Å². The first-order valence-electron chi connectivity index (χ1n) is 8.73. The maximum Gasteiger partial charge on any atom is 0.227 e. The molecule has 6 heteroatoms. The highest BCUT2D eigenvalue weighted by molar-refractivity contribution is 5.80. The van der Waals surface area contributed by atoms with Crippen LogP contribution in [0.3, 0.4) is 0 Å². The van der Waals surface area contributed by atoms with E-state index in [1.54, 1.807) is 14.2 Å². The summed E-state index contributed by atoms with van der Waals surface area (Å²) in [5.74, 6) is 2.54. The fourth-order valence-corrected chi connectivity index (χ4v) is 3.10. The predicted octanol–water partition coefficient (Wildman–Crippen LogP) is 5.32. The smallest absolute Gasteiger partial charge is 0.227 e. The second-order valence-electron chi connectivity index (χ2n) is 6.29. The van der Waals surface area contributed by atoms with E-state index >= 15 is 0 Å². The van der Waals surface area contributed by atoms with Crippen molar-refractivity contribution in [3.05, 3.63) is 60.7 Å². The molecule has 0 aliphatic carbocycles. The van der Waals surface area contributed by atoms with Crippen LogP contribution in [0.15, 0.2) is 69.5 Å². The molecule has 0 unspecified atom stereocenters. The molecule has 0 saturated carbocycles. The van der Waals surface area contributed by atoms with Crippen LogP contribution in [0.1, 0.15) is 0 Å². The van der Waals surface area contributed by atoms with Crippen molar-refractivity contribution in [2.45, 2.75) is 0 Å². The summed E-state index contributed by atoms with van der Waals surface area (Å²) in [7, 11) is 3.25. The van der Waals surface area contributed by atoms with Crippen LogP contribution < -0.4 is 9.47 Å². The average molecular weight is 372 g/mol. The van der Waals surface area contributed by atoms with Crippen molar-refractivity contribution in [1.29, 1.82) is 0 Å². The molecule has 0 bridgehead atoms. The van der Waals surface area contributed by atoms with E-state index in [-0.39, 0.29) is 0 Å². The number of ether oxygens (including phenoxy) is 2. The number of oxazole rings is 2. The molecule has 0 aliphatic heterocycles. The normalized spacial score (nSPS) is 11.2. The largest absolute Gasteiger partial charge is 0.497 e. The minimum atomic E-state index is 0.530. The fourth-order valence-electron chi connectivity index (χ4n) is 3.10. The van der Waals surface area contributed by atoms with Gasteiger partial charge >= 0.3 is 0 Å². The molecular weight excluding hydrogens is 356 g/mol. The molecule has 0 spiro atoms. The zero-order chi connectivity index (χ0) is 19.1. The van der Waals surface area contributed by atoms with Crippen molar-refractivity contribution in [2.24, 2.45) is 0 Å². The molecule has 0 fully saturated rings. The number of nitrogens with zero attached hydrogens (tertiary/aromatic N) is 2. The van der Waals surface area contributed by atoms with Gasteiger partial charge in [-0.3, -0.25) is 0 Å². The molecule has 5 rings (SSSR count). The number of rotatable bonds is 4. The third-order valence-electron chi connectivity index (χ3n) is 4.55. The number of aromatic nitrogens is 2. The quantitative estimate of drug-likeness (QED) is 0.425. The first-order chi connectivity index (χ1) is 13.7. The molecule has 0 N–H and O–H groups in total. The summed E-state index contributed by atoms with van der Waals surface area (Å²) >= 11 is 0. The molecule has 0 amide bonds. The van der Waals surface area contributed by atoms with Gasteiger partial charge in [0, 0.05) is 23.3 Å². The maximum absolute atomic E-state index is 5.90. The molecule has 3 aromatic carbocycles. The van der Waals surface area contributed by atoms with Crippen LogP contribution in [0, 0.1) is 0 Å². The lowest BCUT2D eigenvalue weighted by Gasteiger charge is -1.98. The highest BCUT2D eigenvalue weighted by Gasteiger charge is 2.13. The van der Waals surface area contributed by atoms with Crippen LogP contribution in [-0.2, 0) is 0 Å². The molecule has 138 valence electrons. The van der Waals surface area contributed by atoms with Crippen molar-refractivity contribution in [3.63, 3.8) is 0 Å². The van der Waals surface area contributed by atoms with E-state index in [2.05, 4.69) is 9.97 Å². The van der Waals surface area contributed by atoms with E-state index in [1.807, 2.05) is 60.7 Å². The Labute approximate surface area is 160 Å². The van der Waals surface area contributed by atoms with Crippen LogP contribution >= 0.6 is 0 Å². The van der Waals surface area contributed by atoms with Crippen molar-refractivity contribution in [3.8, 4) is 34.4 Å². The summed E-state index contributed by atoms with van der Waals surface area (Å²) in [6.45, 7) is 0. The molecule has 0 atom stereocenters. The van der Waals surface area contributed by atoms with Gasteiger partial charge in [-0.1, -0.05) is 6.07 Å². The standard InChI is InChI=1S/C22H16N2O4/c1-25-15-6-8-19-17(11-15)23-21(27-19)13-4-3-5-14(10-13)22-24-18-12-16(26-2)7-9-20(18)28-22/h3-12H,1-2H3. The number of benzene rings is 3. The summed E-state index contributed by atoms with van der Waals surface area (Å²) in [5, 5.41) is 0. The lowest BCUT2D eigenvalue weighted by molar-refractivity contribution is 0.415. The number of hydrogen-bond acceptors (Lipinski definition) is 6. The Hall–Kier alpha value is -3.80. The van der Waals surface area contributed by atoms with E-state index in [9.17, 15) is 0 Å². The molecule has 0 aliphatic rings. The summed E-state index contributed by atoms with van der Waals surface area (Å²) < 4.78 is 22.3. The molecule has 0 saturated heterocycles. The molecule has 2 aromatic heterocycles. The second-order valence-corrected chi connectivity index (χ2v) is 6.29. The van der Waals surface area contributed by atoms with Crippen molar-refractivity contribution in [2.75, 3.05) is 14.2 Å². The van der Waals surface area contributed by atoms with Gasteiger partial charge < -0.3 is 18.3 Å². The summed E-state index contributed by atoms with van der Waals surface area (Å²) in [6, 6.07) is 18.8. The number of hydrogen-bond donors (Lipinski definition) is 0. The van der Waals surface area contributed by atoms with Gasteiger partial charge in [0.05, 0.1) is 14.2 Å². The first-order valence-corrected chi connectivity index (χ1v) is 8.73. The van der Waals surface area contributed by atoms with Gasteiger partial charge in [-0.05, 0) is 42.5 Å². The third kappa shape index (κ3) is 2.75. The lowest BCUT2D eigenvalue weighted by atomic mass is 10.1. The summed E-state index contributed by atoms with van der Waals surface area (Å²) in [5.41, 5.74) is 4.58. The predicted molar refractivity (Wildman–Crippen MR) is 106 cm³/mol. The van der Waals surface area contributed by atoms with Crippen molar-refractivity contribution in [1.82, 2.24) is 9.97 Å². The summed E-state index contributed by atoms with van der Waals surface area (Å²) in [4.78, 5) is 9.16. The molecule has 2 heterocycles. The zero-order valence-corrected chi connectivity index (χ0v) is 15.3. The van der Waals surface area contributed by atoms with Crippen molar-refractivity contribution < 1.29 is 18.3 Å². The Kier molecular flexibility index (Phi) is 3.76. The van der Waals surface area contributed by atoms with Gasteiger partial charge in [-0.25, -0.2) is 9.97 Å². The SMILES string of the molecule is COc1ccc2oc(-c3cccc(-c4nc5cc(OC)ccc5o4)c3)nc2c1. The first kappa shape index (κ1) is 16.4. The molecular formula is C22H16N2O4. The van der Waals surface area contributed by atoms with E-state index in [0.29, 0.717) is 22.9 Å². The van der Waals surface area contributed by atoms with Crippen LogP contribution in [0.2, 0.25) is 0 Å². The minimum absolute atomic E-state index is 0.530. The van der Waals surface area contributed by atoms with Crippen LogP contribution in [-0.4, -0.2) is 24.2 Å². The average Bonchev–Trinajstić information content (AvgIpc) is 3.36. The Bertz CT molecular complexity index is 1210. The zero-order valence-electron chi connectivity index (χ0n) is 15.3. The van der Waals surface area contributed by atoms with E-state index in [1.165, 1.54) is 0 Å². The number of fused-ring (bicyclic) bond motifs is 2. The highest BCUT2D eigenvalue weighted by Crippen LogP contribution is 2.31. The van der Waals surface area contributed by atoms with Gasteiger partial charge in [-0.15, -0.1) is 0 Å². The highest BCUT2D eigenvalue weighted by atomic mass is 16.5. The van der Waals surface area contributed by atoms with Gasteiger partial charge in [0.15, 0.2) is 11.2 Å². The summed E-state index contributed by atoms with van der Waals surface area (Å²) in [6.07, 6.45) is 0. The van der Waals surface area contributed by atoms with Gasteiger partial charge in [0.2, 0.25) is 11.8 Å². The number of methoxy groups -OCH3 is 2. The third-order valence-corrected chi connectivity index (χ3v) is 4.55. The molecule has 0 radical (unpaired) electrons. The maximum atomic E-state index is 5.90. The molecule has 5 aromatic rings. The Balaban J connectivity index is 1.56. The Morgan fingerprint density at radius 1 is 0.643 bits per heavy atom. The van der Waals surface area contributed by atoms with E-state index in [0.717, 1.165) is 33.7 Å². The monoisotopic (exact) mass is 372 g/mol. The second kappa shape index (κ2) is 6.42. The van der Waals surface area contributed by atoms with Crippen LogP contribution in [0.5, 0.6) is 11.5 Å².